The Balaban J connectivity index is 2.13. The van der Waals surface area contributed by atoms with E-state index in [1.165, 1.54) is 11.2 Å². The molecule has 124 valence electrons. The van der Waals surface area contributed by atoms with Gasteiger partial charge in [-0.05, 0) is 12.8 Å². The number of nitrogens with zero attached hydrogens (tertiary/aromatic N) is 4. The van der Waals surface area contributed by atoms with Gasteiger partial charge in [0, 0.05) is 13.0 Å². The Morgan fingerprint density at radius 3 is 2.78 bits per heavy atom. The van der Waals surface area contributed by atoms with Gasteiger partial charge in [0.05, 0.1) is 12.9 Å². The first-order chi connectivity index (χ1) is 10.9. The molecule has 2 rings (SSSR count). The summed E-state index contributed by atoms with van der Waals surface area (Å²) < 4.78 is 5.14. The fraction of sp³-hybridized carbons (Fsp3) is 0.500. The molecular formula is C14H19N5O4. The van der Waals surface area contributed by atoms with E-state index in [4.69, 9.17) is 9.63 Å². The third-order valence-electron chi connectivity index (χ3n) is 3.15. The van der Waals surface area contributed by atoms with Crippen LogP contribution in [-0.2, 0) is 13.0 Å². The first kappa shape index (κ1) is 16.7. The van der Waals surface area contributed by atoms with Gasteiger partial charge in [0.2, 0.25) is 5.89 Å². The van der Waals surface area contributed by atoms with Crippen LogP contribution in [0.25, 0.3) is 0 Å². The van der Waals surface area contributed by atoms with E-state index >= 15 is 0 Å². The van der Waals surface area contributed by atoms with Gasteiger partial charge < -0.3 is 19.5 Å². The van der Waals surface area contributed by atoms with Crippen molar-refractivity contribution in [3.63, 3.8) is 0 Å². The van der Waals surface area contributed by atoms with Crippen LogP contribution in [0.2, 0.25) is 0 Å². The first-order valence-corrected chi connectivity index (χ1v) is 7.29. The van der Waals surface area contributed by atoms with E-state index < -0.39 is 11.9 Å². The molecule has 2 aromatic heterocycles. The van der Waals surface area contributed by atoms with Crippen molar-refractivity contribution in [2.75, 3.05) is 6.54 Å². The van der Waals surface area contributed by atoms with Gasteiger partial charge in [-0.15, -0.1) is 0 Å². The molecular weight excluding hydrogens is 302 g/mol. The Bertz CT molecular complexity index is 691. The number of amides is 1. The van der Waals surface area contributed by atoms with E-state index in [0.29, 0.717) is 30.6 Å². The molecule has 0 atom stereocenters. The minimum absolute atomic E-state index is 0.128. The molecule has 0 unspecified atom stereocenters. The van der Waals surface area contributed by atoms with Gasteiger partial charge in [-0.2, -0.15) is 4.98 Å². The number of rotatable bonds is 7. The van der Waals surface area contributed by atoms with E-state index in [-0.39, 0.29) is 17.9 Å². The molecule has 2 aromatic rings. The summed E-state index contributed by atoms with van der Waals surface area (Å²) in [7, 11) is 0. The molecule has 0 spiro atoms. The average molecular weight is 321 g/mol. The minimum atomic E-state index is -1.24. The second kappa shape index (κ2) is 7.03. The molecule has 1 amide bonds. The van der Waals surface area contributed by atoms with Crippen LogP contribution in [-0.4, -0.2) is 48.5 Å². The number of carboxylic acid groups (broad SMARTS) is 1. The zero-order chi connectivity index (χ0) is 17.0. The molecule has 9 heteroatoms. The summed E-state index contributed by atoms with van der Waals surface area (Å²) in [4.78, 5) is 35.4. The molecule has 2 heterocycles. The third-order valence-corrected chi connectivity index (χ3v) is 3.15. The molecule has 0 radical (unpaired) electrons. The Morgan fingerprint density at radius 2 is 2.17 bits per heavy atom. The molecule has 0 aliphatic carbocycles. The smallest absolute Gasteiger partial charge is 0.354 e. The van der Waals surface area contributed by atoms with Crippen LogP contribution in [0.15, 0.2) is 10.9 Å². The maximum Gasteiger partial charge on any atom is 0.354 e. The van der Waals surface area contributed by atoms with Gasteiger partial charge in [0.1, 0.15) is 0 Å². The summed E-state index contributed by atoms with van der Waals surface area (Å²) in [6.07, 6.45) is 1.84. The minimum Gasteiger partial charge on any atom is -0.477 e. The SMILES string of the molecule is CCN(Cc1noc(CC(C)C)n1)C(=O)c1nc[nH]c1C(=O)O. The van der Waals surface area contributed by atoms with Crippen LogP contribution in [0.3, 0.4) is 0 Å². The Morgan fingerprint density at radius 1 is 1.43 bits per heavy atom. The van der Waals surface area contributed by atoms with Crippen LogP contribution >= 0.6 is 0 Å². The molecule has 0 aliphatic heterocycles. The molecule has 0 saturated carbocycles. The monoisotopic (exact) mass is 321 g/mol. The number of imidazole rings is 1. The van der Waals surface area contributed by atoms with Gasteiger partial charge in [-0.25, -0.2) is 9.78 Å². The zero-order valence-electron chi connectivity index (χ0n) is 13.2. The summed E-state index contributed by atoms with van der Waals surface area (Å²) in [5, 5.41) is 12.9. The quantitative estimate of drug-likeness (QED) is 0.788. The molecule has 2 N–H and O–H groups in total. The topological polar surface area (TPSA) is 125 Å². The molecule has 23 heavy (non-hydrogen) atoms. The van der Waals surface area contributed by atoms with Crippen molar-refractivity contribution >= 4 is 11.9 Å². The summed E-state index contributed by atoms with van der Waals surface area (Å²) in [6, 6.07) is 0. The van der Waals surface area contributed by atoms with Crippen molar-refractivity contribution in [1.82, 2.24) is 25.0 Å². The van der Waals surface area contributed by atoms with Gasteiger partial charge in [0.15, 0.2) is 17.2 Å². The number of carbonyl (C=O) groups is 2. The van der Waals surface area contributed by atoms with Gasteiger partial charge in [0.25, 0.3) is 5.91 Å². The highest BCUT2D eigenvalue weighted by Gasteiger charge is 2.25. The lowest BCUT2D eigenvalue weighted by Crippen LogP contribution is -2.32. The number of carboxylic acids is 1. The van der Waals surface area contributed by atoms with Crippen molar-refractivity contribution in [2.24, 2.45) is 5.92 Å². The number of aromatic carboxylic acids is 1. The van der Waals surface area contributed by atoms with Gasteiger partial charge >= 0.3 is 5.97 Å². The fourth-order valence-corrected chi connectivity index (χ4v) is 2.05. The number of H-pyrrole nitrogens is 1. The van der Waals surface area contributed by atoms with E-state index in [0.717, 1.165) is 0 Å². The van der Waals surface area contributed by atoms with Crippen LogP contribution in [0, 0.1) is 5.92 Å². The van der Waals surface area contributed by atoms with Crippen LogP contribution in [0.1, 0.15) is 53.5 Å². The lowest BCUT2D eigenvalue weighted by Gasteiger charge is -2.17. The average Bonchev–Trinajstić information content (AvgIpc) is 3.12. The second-order valence-corrected chi connectivity index (χ2v) is 5.45. The molecule has 0 bridgehead atoms. The van der Waals surface area contributed by atoms with Crippen molar-refractivity contribution < 1.29 is 19.2 Å². The first-order valence-electron chi connectivity index (χ1n) is 7.29. The fourth-order valence-electron chi connectivity index (χ4n) is 2.05. The molecule has 0 aromatic carbocycles. The number of aromatic amines is 1. The number of nitrogens with one attached hydrogen (secondary N) is 1. The maximum absolute atomic E-state index is 12.4. The van der Waals surface area contributed by atoms with Crippen LogP contribution in [0.5, 0.6) is 0 Å². The number of aromatic nitrogens is 4. The Hall–Kier alpha value is -2.71. The van der Waals surface area contributed by atoms with E-state index in [2.05, 4.69) is 20.1 Å². The summed E-state index contributed by atoms with van der Waals surface area (Å²) in [5.41, 5.74) is -0.368. The van der Waals surface area contributed by atoms with E-state index in [9.17, 15) is 9.59 Å². The lowest BCUT2D eigenvalue weighted by atomic mass is 10.1. The van der Waals surface area contributed by atoms with E-state index in [1.54, 1.807) is 6.92 Å². The Kier molecular flexibility index (Phi) is 5.09. The maximum atomic E-state index is 12.4. The standard InChI is InChI=1S/C14H19N5O4/c1-4-19(6-9-17-10(23-18-9)5-8(2)3)13(20)11-12(14(21)22)16-7-15-11/h7-8H,4-6H2,1-3H3,(H,15,16)(H,21,22). The molecule has 0 fully saturated rings. The van der Waals surface area contributed by atoms with Crippen LogP contribution < -0.4 is 0 Å². The van der Waals surface area contributed by atoms with Crippen molar-refractivity contribution in [2.45, 2.75) is 33.7 Å². The van der Waals surface area contributed by atoms with Crippen LogP contribution in [0.4, 0.5) is 0 Å². The highest BCUT2D eigenvalue weighted by molar-refractivity contribution is 6.02. The lowest BCUT2D eigenvalue weighted by molar-refractivity contribution is 0.0666. The number of carbonyl (C=O) groups excluding carboxylic acids is 1. The summed E-state index contributed by atoms with van der Waals surface area (Å²) in [6.45, 7) is 6.34. The molecule has 9 nitrogen and oxygen atoms in total. The molecule has 0 aliphatic rings. The summed E-state index contributed by atoms with van der Waals surface area (Å²) in [5.74, 6) is -0.454. The number of hydrogen-bond donors (Lipinski definition) is 2. The molecule has 0 saturated heterocycles. The van der Waals surface area contributed by atoms with Crippen molar-refractivity contribution in [3.8, 4) is 0 Å². The third kappa shape index (κ3) is 3.93. The van der Waals surface area contributed by atoms with Gasteiger partial charge in [-0.1, -0.05) is 19.0 Å². The highest BCUT2D eigenvalue weighted by Crippen LogP contribution is 2.11. The van der Waals surface area contributed by atoms with E-state index in [1.807, 2.05) is 13.8 Å². The number of hydrogen-bond acceptors (Lipinski definition) is 6. The predicted octanol–water partition coefficient (Wildman–Crippen LogP) is 1.35. The summed E-state index contributed by atoms with van der Waals surface area (Å²) >= 11 is 0. The largest absolute Gasteiger partial charge is 0.477 e. The second-order valence-electron chi connectivity index (χ2n) is 5.45. The zero-order valence-corrected chi connectivity index (χ0v) is 13.2. The normalized spacial score (nSPS) is 11.0. The Labute approximate surface area is 132 Å². The van der Waals surface area contributed by atoms with Crippen molar-refractivity contribution in [3.05, 3.63) is 29.4 Å². The highest BCUT2D eigenvalue weighted by atomic mass is 16.5. The van der Waals surface area contributed by atoms with Gasteiger partial charge in [-0.3, -0.25) is 4.79 Å². The predicted molar refractivity (Wildman–Crippen MR) is 78.8 cm³/mol. The van der Waals surface area contributed by atoms with Crippen molar-refractivity contribution in [1.29, 1.82) is 0 Å².